The van der Waals surface area contributed by atoms with Gasteiger partial charge in [-0.2, -0.15) is 0 Å². The number of benzene rings is 1. The van der Waals surface area contributed by atoms with Gasteiger partial charge in [0.2, 0.25) is 0 Å². The zero-order chi connectivity index (χ0) is 14.1. The van der Waals surface area contributed by atoms with Crippen LogP contribution in [-0.2, 0) is 6.42 Å². The molecule has 2 unspecified atom stereocenters. The summed E-state index contributed by atoms with van der Waals surface area (Å²) in [6.07, 6.45) is 6.49. The molecule has 0 aromatic heterocycles. The van der Waals surface area contributed by atoms with Crippen LogP contribution in [0.1, 0.15) is 42.9 Å². The molecule has 0 bridgehead atoms. The van der Waals surface area contributed by atoms with Gasteiger partial charge in [0, 0.05) is 18.6 Å². The molecular weight excluding hydrogens is 248 g/mol. The van der Waals surface area contributed by atoms with Crippen molar-refractivity contribution in [2.75, 3.05) is 20.7 Å². The quantitative estimate of drug-likeness (QED) is 0.917. The summed E-state index contributed by atoms with van der Waals surface area (Å²) in [6, 6.07) is 6.96. The minimum Gasteiger partial charge on any atom is -0.497 e. The average molecular weight is 274 g/mol. The van der Waals surface area contributed by atoms with Gasteiger partial charge >= 0.3 is 0 Å². The monoisotopic (exact) mass is 274 g/mol. The molecule has 2 aliphatic carbocycles. The minimum absolute atomic E-state index is 0.134. The Morgan fingerprint density at radius 3 is 2.75 bits per heavy atom. The summed E-state index contributed by atoms with van der Waals surface area (Å²) in [5.41, 5.74) is 9.21. The number of hydrogen-bond donors (Lipinski definition) is 1. The van der Waals surface area contributed by atoms with Gasteiger partial charge in [-0.05, 0) is 61.9 Å². The molecule has 2 atom stereocenters. The topological polar surface area (TPSA) is 38.5 Å². The van der Waals surface area contributed by atoms with Crippen molar-refractivity contribution < 1.29 is 4.74 Å². The molecule has 0 spiro atoms. The molecule has 1 saturated carbocycles. The molecule has 2 aliphatic rings. The van der Waals surface area contributed by atoms with E-state index in [-0.39, 0.29) is 6.04 Å². The van der Waals surface area contributed by atoms with Gasteiger partial charge in [-0.3, -0.25) is 0 Å². The Kier molecular flexibility index (Phi) is 3.99. The van der Waals surface area contributed by atoms with Gasteiger partial charge in [0.15, 0.2) is 0 Å². The van der Waals surface area contributed by atoms with E-state index >= 15 is 0 Å². The summed E-state index contributed by atoms with van der Waals surface area (Å²) in [6.45, 7) is 1.21. The molecule has 0 radical (unpaired) electrons. The SMILES string of the molecule is COc1ccc2c(c1)CCC(N(C)CC1CCC1)C2N. The Hall–Kier alpha value is -1.06. The van der Waals surface area contributed by atoms with Gasteiger partial charge in [0.05, 0.1) is 7.11 Å². The van der Waals surface area contributed by atoms with Crippen molar-refractivity contribution in [1.29, 1.82) is 0 Å². The van der Waals surface area contributed by atoms with Gasteiger partial charge in [-0.1, -0.05) is 12.5 Å². The van der Waals surface area contributed by atoms with Crippen molar-refractivity contribution in [2.45, 2.75) is 44.2 Å². The van der Waals surface area contributed by atoms with Crippen LogP contribution in [0.4, 0.5) is 0 Å². The number of rotatable bonds is 4. The van der Waals surface area contributed by atoms with Crippen molar-refractivity contribution in [1.82, 2.24) is 4.90 Å². The van der Waals surface area contributed by atoms with E-state index in [1.807, 2.05) is 6.07 Å². The fraction of sp³-hybridized carbons (Fsp3) is 0.647. The maximum atomic E-state index is 6.54. The first kappa shape index (κ1) is 13.9. The lowest BCUT2D eigenvalue weighted by Crippen LogP contribution is -2.45. The summed E-state index contributed by atoms with van der Waals surface area (Å²) in [4.78, 5) is 2.50. The van der Waals surface area contributed by atoms with E-state index in [1.54, 1.807) is 7.11 Å². The highest BCUT2D eigenvalue weighted by molar-refractivity contribution is 5.40. The van der Waals surface area contributed by atoms with Crippen LogP contribution in [0.15, 0.2) is 18.2 Å². The third-order valence-electron chi connectivity index (χ3n) is 5.17. The lowest BCUT2D eigenvalue weighted by Gasteiger charge is -2.40. The number of ether oxygens (including phenoxy) is 1. The molecule has 1 fully saturated rings. The second-order valence-corrected chi connectivity index (χ2v) is 6.43. The molecule has 3 rings (SSSR count). The van der Waals surface area contributed by atoms with E-state index in [1.165, 1.54) is 36.9 Å². The third-order valence-corrected chi connectivity index (χ3v) is 5.17. The van der Waals surface area contributed by atoms with Crippen LogP contribution in [0.5, 0.6) is 5.75 Å². The van der Waals surface area contributed by atoms with Gasteiger partial charge in [0.25, 0.3) is 0 Å². The smallest absolute Gasteiger partial charge is 0.119 e. The van der Waals surface area contributed by atoms with Crippen LogP contribution in [0, 0.1) is 5.92 Å². The Morgan fingerprint density at radius 1 is 1.30 bits per heavy atom. The fourth-order valence-corrected chi connectivity index (χ4v) is 3.65. The summed E-state index contributed by atoms with van der Waals surface area (Å²) >= 11 is 0. The molecular formula is C17H26N2O. The zero-order valence-electron chi connectivity index (χ0n) is 12.6. The third kappa shape index (κ3) is 2.57. The molecule has 20 heavy (non-hydrogen) atoms. The highest BCUT2D eigenvalue weighted by Gasteiger charge is 2.31. The van der Waals surface area contributed by atoms with Crippen molar-refractivity contribution in [3.05, 3.63) is 29.3 Å². The van der Waals surface area contributed by atoms with Crippen LogP contribution in [0.2, 0.25) is 0 Å². The largest absolute Gasteiger partial charge is 0.497 e. The van der Waals surface area contributed by atoms with Crippen LogP contribution in [0.3, 0.4) is 0 Å². The van der Waals surface area contributed by atoms with Crippen molar-refractivity contribution in [3.63, 3.8) is 0 Å². The Labute approximate surface area is 122 Å². The van der Waals surface area contributed by atoms with E-state index in [0.29, 0.717) is 6.04 Å². The Balaban J connectivity index is 1.72. The van der Waals surface area contributed by atoms with Gasteiger partial charge < -0.3 is 15.4 Å². The van der Waals surface area contributed by atoms with E-state index in [9.17, 15) is 0 Å². The highest BCUT2D eigenvalue weighted by Crippen LogP contribution is 2.35. The van der Waals surface area contributed by atoms with Crippen LogP contribution in [0.25, 0.3) is 0 Å². The van der Waals surface area contributed by atoms with E-state index in [2.05, 4.69) is 24.1 Å². The fourth-order valence-electron chi connectivity index (χ4n) is 3.65. The molecule has 0 heterocycles. The number of methoxy groups -OCH3 is 1. The number of nitrogens with two attached hydrogens (primary N) is 1. The Morgan fingerprint density at radius 2 is 2.10 bits per heavy atom. The molecule has 1 aromatic carbocycles. The second kappa shape index (κ2) is 5.74. The number of aryl methyl sites for hydroxylation is 1. The van der Waals surface area contributed by atoms with Gasteiger partial charge in [-0.15, -0.1) is 0 Å². The Bertz CT molecular complexity index is 470. The number of likely N-dealkylation sites (N-methyl/N-ethyl adjacent to an activating group) is 1. The first-order chi connectivity index (χ1) is 9.69. The molecule has 110 valence electrons. The summed E-state index contributed by atoms with van der Waals surface area (Å²) in [5, 5.41) is 0. The molecule has 0 amide bonds. The van der Waals surface area contributed by atoms with Crippen molar-refractivity contribution >= 4 is 0 Å². The standard InChI is InChI=1S/C17H26N2O/c1-19(11-12-4-3-5-12)16-9-6-13-10-14(20-2)7-8-15(13)17(16)18/h7-8,10,12,16-17H,3-6,9,11,18H2,1-2H3. The maximum absolute atomic E-state index is 6.54. The predicted molar refractivity (Wildman–Crippen MR) is 82.0 cm³/mol. The van der Waals surface area contributed by atoms with Crippen LogP contribution < -0.4 is 10.5 Å². The predicted octanol–water partition coefficient (Wildman–Crippen LogP) is 2.74. The van der Waals surface area contributed by atoms with Crippen molar-refractivity contribution in [2.24, 2.45) is 11.7 Å². The number of hydrogen-bond acceptors (Lipinski definition) is 3. The van der Waals surface area contributed by atoms with Gasteiger partial charge in [0.1, 0.15) is 5.75 Å². The highest BCUT2D eigenvalue weighted by atomic mass is 16.5. The summed E-state index contributed by atoms with van der Waals surface area (Å²) < 4.78 is 5.31. The van der Waals surface area contributed by atoms with Gasteiger partial charge in [-0.25, -0.2) is 0 Å². The van der Waals surface area contributed by atoms with E-state index < -0.39 is 0 Å². The number of fused-ring (bicyclic) bond motifs is 1. The number of nitrogens with zero attached hydrogens (tertiary/aromatic N) is 1. The summed E-state index contributed by atoms with van der Waals surface area (Å²) in [7, 11) is 3.97. The lowest BCUT2D eigenvalue weighted by molar-refractivity contribution is 0.134. The van der Waals surface area contributed by atoms with E-state index in [0.717, 1.165) is 24.5 Å². The molecule has 0 saturated heterocycles. The maximum Gasteiger partial charge on any atom is 0.119 e. The van der Waals surface area contributed by atoms with Crippen LogP contribution in [-0.4, -0.2) is 31.6 Å². The van der Waals surface area contributed by atoms with E-state index in [4.69, 9.17) is 10.5 Å². The normalized spacial score (nSPS) is 26.2. The average Bonchev–Trinajstić information content (AvgIpc) is 2.42. The molecule has 0 aliphatic heterocycles. The van der Waals surface area contributed by atoms with Crippen LogP contribution >= 0.6 is 0 Å². The molecule has 3 heteroatoms. The first-order valence-corrected chi connectivity index (χ1v) is 7.81. The zero-order valence-corrected chi connectivity index (χ0v) is 12.6. The molecule has 2 N–H and O–H groups in total. The minimum atomic E-state index is 0.134. The van der Waals surface area contributed by atoms with Crippen molar-refractivity contribution in [3.8, 4) is 5.75 Å². The first-order valence-electron chi connectivity index (χ1n) is 7.81. The lowest BCUT2D eigenvalue weighted by atomic mass is 9.81. The molecule has 3 nitrogen and oxygen atoms in total. The summed E-state index contributed by atoms with van der Waals surface area (Å²) in [5.74, 6) is 1.85. The molecule has 1 aromatic rings. The second-order valence-electron chi connectivity index (χ2n) is 6.43.